The maximum absolute atomic E-state index is 12.9. The van der Waals surface area contributed by atoms with E-state index >= 15 is 0 Å². The lowest BCUT2D eigenvalue weighted by atomic mass is 10.0. The molecule has 0 amide bonds. The van der Waals surface area contributed by atoms with E-state index in [1.54, 1.807) is 0 Å². The van der Waals surface area contributed by atoms with Crippen LogP contribution < -0.4 is 5.11 Å². The fourth-order valence-corrected chi connectivity index (χ4v) is 9.39. The van der Waals surface area contributed by atoms with Crippen molar-refractivity contribution in [3.05, 3.63) is 60.8 Å². The lowest BCUT2D eigenvalue weighted by molar-refractivity contribution is -0.870. The van der Waals surface area contributed by atoms with E-state index in [1.807, 2.05) is 21.1 Å². The Morgan fingerprint density at radius 2 is 0.705 bits per heavy atom. The van der Waals surface area contributed by atoms with E-state index in [9.17, 15) is 19.5 Å². The topological polar surface area (TPSA) is 111 Å². The normalized spacial score (nSPS) is 13.1. The Morgan fingerprint density at radius 3 is 1.06 bits per heavy atom. The Bertz CT molecular complexity index is 1460. The minimum Gasteiger partial charge on any atom is -0.545 e. The summed E-state index contributed by atoms with van der Waals surface area (Å²) in [5, 5.41) is 11.8. The maximum atomic E-state index is 12.9. The third-order valence-electron chi connectivity index (χ3n) is 14.5. The minimum absolute atomic E-state index is 0.146. The molecule has 9 heteroatoms. The number of hydrogen-bond donors (Lipinski definition) is 0. The first-order valence-electron chi connectivity index (χ1n) is 32.9. The van der Waals surface area contributed by atoms with Crippen molar-refractivity contribution >= 4 is 17.9 Å². The summed E-state index contributed by atoms with van der Waals surface area (Å²) in [7, 11) is 5.92. The van der Waals surface area contributed by atoms with E-state index in [1.165, 1.54) is 193 Å². The first-order chi connectivity index (χ1) is 38.1. The van der Waals surface area contributed by atoms with Crippen molar-refractivity contribution in [1.29, 1.82) is 0 Å². The fraction of sp³-hybridized carbons (Fsp3) is 0.812. The van der Waals surface area contributed by atoms with Crippen LogP contribution in [-0.2, 0) is 33.3 Å². The van der Waals surface area contributed by atoms with Gasteiger partial charge in [0.05, 0.1) is 40.3 Å². The van der Waals surface area contributed by atoms with Gasteiger partial charge in [-0.1, -0.05) is 274 Å². The summed E-state index contributed by atoms with van der Waals surface area (Å²) >= 11 is 0. The Morgan fingerprint density at radius 1 is 0.385 bits per heavy atom. The molecular formula is C69H125NO8. The van der Waals surface area contributed by atoms with Crippen LogP contribution in [0.5, 0.6) is 0 Å². The standard InChI is InChI=1S/C69H125NO8/c1-6-8-10-12-14-16-18-20-22-23-24-25-26-27-28-29-30-31-32-33-34-35-36-37-38-39-40-41-42-43-44-45-46-48-50-52-54-56-58-60-67(72)78-65(64-77-69(68(73)74)75-62-61-70(3,4)5)63-76-66(71)59-57-55-53-51-49-47-21-19-17-15-13-11-9-7-2/h13,15,18-21,23-24,26-27,65,69H,6-12,14,16-17,22,25,28-64H2,1-5H3/b15-13-,20-18-,21-19-,24-23-,27-26-. The molecule has 78 heavy (non-hydrogen) atoms. The zero-order valence-corrected chi connectivity index (χ0v) is 51.8. The average molecular weight is 1100 g/mol. The number of carbonyl (C=O) groups excluding carboxylic acids is 3. The molecule has 0 aromatic heterocycles. The number of nitrogens with zero attached hydrogens (tertiary/aromatic N) is 1. The van der Waals surface area contributed by atoms with Gasteiger partial charge in [-0.25, -0.2) is 0 Å². The number of likely N-dealkylation sites (N-methyl/N-ethyl adjacent to an activating group) is 1. The second-order valence-corrected chi connectivity index (χ2v) is 23.4. The van der Waals surface area contributed by atoms with Crippen molar-refractivity contribution in [3.8, 4) is 0 Å². The zero-order valence-electron chi connectivity index (χ0n) is 51.8. The molecule has 0 radical (unpaired) electrons. The van der Waals surface area contributed by atoms with Crippen molar-refractivity contribution in [3.63, 3.8) is 0 Å². The largest absolute Gasteiger partial charge is 0.545 e. The van der Waals surface area contributed by atoms with E-state index in [4.69, 9.17) is 18.9 Å². The quantitative estimate of drug-likeness (QED) is 0.0195. The second-order valence-electron chi connectivity index (χ2n) is 23.4. The molecule has 0 aromatic carbocycles. The van der Waals surface area contributed by atoms with Crippen LogP contribution in [0.2, 0.25) is 0 Å². The Kier molecular flexibility index (Phi) is 57.8. The van der Waals surface area contributed by atoms with Crippen LogP contribution >= 0.6 is 0 Å². The Hall–Kier alpha value is -3.01. The third-order valence-corrected chi connectivity index (χ3v) is 14.5. The number of ether oxygens (including phenoxy) is 4. The molecule has 0 saturated heterocycles. The smallest absolute Gasteiger partial charge is 0.306 e. The molecule has 2 atom stereocenters. The van der Waals surface area contributed by atoms with Crippen LogP contribution in [0.15, 0.2) is 60.8 Å². The van der Waals surface area contributed by atoms with Crippen LogP contribution in [0.3, 0.4) is 0 Å². The minimum atomic E-state index is -1.62. The SMILES string of the molecule is CCCC/C=C\C/C=C\CCCCCCCC(=O)OCC(COC(OCC[N+](C)(C)C)C(=O)[O-])OC(=O)CCCCCCCCCCCCCCCCCCCCCCCCCC/C=C\C/C=C\C/C=C\CCCCCCC. The number of aliphatic carboxylic acids is 1. The lowest BCUT2D eigenvalue weighted by Gasteiger charge is -2.26. The second kappa shape index (κ2) is 60.1. The van der Waals surface area contributed by atoms with Gasteiger partial charge in [-0.15, -0.1) is 0 Å². The number of carboxylic acids is 1. The monoisotopic (exact) mass is 1100 g/mol. The number of rotatable bonds is 61. The predicted octanol–water partition coefficient (Wildman–Crippen LogP) is 18.6. The summed E-state index contributed by atoms with van der Waals surface area (Å²) in [6.07, 6.45) is 74.6. The number of carboxylic acid groups (broad SMARTS) is 1. The molecule has 0 aliphatic carbocycles. The first kappa shape index (κ1) is 75.0. The molecule has 0 fully saturated rings. The molecule has 0 aromatic rings. The molecule has 0 N–H and O–H groups in total. The van der Waals surface area contributed by atoms with Crippen LogP contribution in [0.4, 0.5) is 0 Å². The molecule has 0 heterocycles. The van der Waals surface area contributed by atoms with Crippen LogP contribution in [0.25, 0.3) is 0 Å². The van der Waals surface area contributed by atoms with Gasteiger partial charge >= 0.3 is 11.9 Å². The van der Waals surface area contributed by atoms with E-state index in [-0.39, 0.29) is 38.6 Å². The zero-order chi connectivity index (χ0) is 56.9. The summed E-state index contributed by atoms with van der Waals surface area (Å²) in [5.41, 5.74) is 0. The summed E-state index contributed by atoms with van der Waals surface area (Å²) in [5.74, 6) is -2.29. The van der Waals surface area contributed by atoms with Gasteiger partial charge in [0.1, 0.15) is 13.2 Å². The lowest BCUT2D eigenvalue weighted by Crippen LogP contribution is -2.44. The van der Waals surface area contributed by atoms with Crippen molar-refractivity contribution in [2.75, 3.05) is 47.5 Å². The van der Waals surface area contributed by atoms with Gasteiger partial charge in [0, 0.05) is 12.8 Å². The maximum Gasteiger partial charge on any atom is 0.306 e. The van der Waals surface area contributed by atoms with Gasteiger partial charge in [0.25, 0.3) is 0 Å². The molecule has 0 rings (SSSR count). The number of esters is 2. The molecule has 454 valence electrons. The van der Waals surface area contributed by atoms with Gasteiger partial charge in [-0.3, -0.25) is 9.59 Å². The van der Waals surface area contributed by atoms with Crippen molar-refractivity contribution < 1.29 is 42.9 Å². The molecule has 0 aliphatic rings. The molecule has 0 saturated carbocycles. The van der Waals surface area contributed by atoms with Gasteiger partial charge in [-0.2, -0.15) is 0 Å². The van der Waals surface area contributed by atoms with E-state index in [0.29, 0.717) is 17.4 Å². The number of allylic oxidation sites excluding steroid dienone is 10. The average Bonchev–Trinajstić information content (AvgIpc) is 3.41. The van der Waals surface area contributed by atoms with Gasteiger partial charge in [-0.05, 0) is 77.0 Å². The third kappa shape index (κ3) is 60.6. The Balaban J connectivity index is 3.96. The van der Waals surface area contributed by atoms with E-state index < -0.39 is 24.3 Å². The van der Waals surface area contributed by atoms with E-state index in [2.05, 4.69) is 74.6 Å². The predicted molar refractivity (Wildman–Crippen MR) is 329 cm³/mol. The highest BCUT2D eigenvalue weighted by molar-refractivity contribution is 5.70. The Labute approximate surface area is 482 Å². The van der Waals surface area contributed by atoms with E-state index in [0.717, 1.165) is 77.0 Å². The summed E-state index contributed by atoms with van der Waals surface area (Å²) in [4.78, 5) is 37.3. The van der Waals surface area contributed by atoms with Gasteiger partial charge in [0.15, 0.2) is 12.4 Å². The van der Waals surface area contributed by atoms with Gasteiger partial charge < -0.3 is 33.3 Å². The fourth-order valence-electron chi connectivity index (χ4n) is 9.39. The highest BCUT2D eigenvalue weighted by atomic mass is 16.7. The number of carbonyl (C=O) groups is 3. The van der Waals surface area contributed by atoms with Crippen LogP contribution in [0, 0.1) is 0 Å². The summed E-state index contributed by atoms with van der Waals surface area (Å²) in [6, 6.07) is 0. The molecule has 2 unspecified atom stereocenters. The number of hydrogen-bond acceptors (Lipinski definition) is 8. The molecule has 0 aliphatic heterocycles. The number of unbranched alkanes of at least 4 members (excludes halogenated alkanes) is 36. The summed E-state index contributed by atoms with van der Waals surface area (Å²) in [6.45, 7) is 4.70. The van der Waals surface area contributed by atoms with Crippen molar-refractivity contribution in [1.82, 2.24) is 0 Å². The first-order valence-corrected chi connectivity index (χ1v) is 32.9. The highest BCUT2D eigenvalue weighted by Gasteiger charge is 2.22. The number of quaternary nitrogens is 1. The molecule has 0 spiro atoms. The van der Waals surface area contributed by atoms with Crippen molar-refractivity contribution in [2.24, 2.45) is 0 Å². The molecule has 9 nitrogen and oxygen atoms in total. The van der Waals surface area contributed by atoms with Crippen LogP contribution in [0.1, 0.15) is 303 Å². The molecule has 0 bridgehead atoms. The van der Waals surface area contributed by atoms with Crippen molar-refractivity contribution in [2.45, 2.75) is 315 Å². The van der Waals surface area contributed by atoms with Gasteiger partial charge in [0.2, 0.25) is 0 Å². The molecular weight excluding hydrogens is 971 g/mol. The summed E-state index contributed by atoms with van der Waals surface area (Å²) < 4.78 is 22.7. The highest BCUT2D eigenvalue weighted by Crippen LogP contribution is 2.17. The van der Waals surface area contributed by atoms with Crippen LogP contribution in [-0.4, -0.2) is 82.3 Å².